The SMILES string of the molecule is COC1=NS(=O)(=O)c2cc(Cl)ccc2N1C. The molecule has 86 valence electrons. The Balaban J connectivity index is 2.72. The van der Waals surface area contributed by atoms with Crippen LogP contribution in [0, 0.1) is 0 Å². The van der Waals surface area contributed by atoms with Crippen molar-refractivity contribution in [1.82, 2.24) is 0 Å². The number of amidine groups is 1. The number of fused-ring (bicyclic) bond motifs is 1. The molecule has 0 saturated carbocycles. The van der Waals surface area contributed by atoms with Crippen molar-refractivity contribution in [3.05, 3.63) is 23.2 Å². The number of methoxy groups -OCH3 is 1. The summed E-state index contributed by atoms with van der Waals surface area (Å²) in [6.45, 7) is 0. The van der Waals surface area contributed by atoms with Gasteiger partial charge in [0.1, 0.15) is 4.90 Å². The Morgan fingerprint density at radius 3 is 2.75 bits per heavy atom. The van der Waals surface area contributed by atoms with E-state index in [4.69, 9.17) is 16.3 Å². The van der Waals surface area contributed by atoms with E-state index in [1.54, 1.807) is 24.1 Å². The molecule has 2 rings (SSSR count). The van der Waals surface area contributed by atoms with Gasteiger partial charge in [-0.1, -0.05) is 11.6 Å². The molecule has 0 atom stereocenters. The zero-order valence-corrected chi connectivity index (χ0v) is 10.2. The van der Waals surface area contributed by atoms with Crippen LogP contribution in [-0.2, 0) is 14.8 Å². The van der Waals surface area contributed by atoms with Crippen molar-refractivity contribution in [2.24, 2.45) is 4.40 Å². The summed E-state index contributed by atoms with van der Waals surface area (Å²) in [6, 6.07) is 4.64. The molecule has 0 aromatic heterocycles. The van der Waals surface area contributed by atoms with Gasteiger partial charge in [0, 0.05) is 12.1 Å². The quantitative estimate of drug-likeness (QED) is 0.709. The minimum atomic E-state index is -3.72. The molecule has 0 bridgehead atoms. The van der Waals surface area contributed by atoms with Crippen molar-refractivity contribution in [2.75, 3.05) is 19.1 Å². The van der Waals surface area contributed by atoms with E-state index in [0.717, 1.165) is 0 Å². The molecule has 0 spiro atoms. The number of benzene rings is 1. The Morgan fingerprint density at radius 2 is 2.12 bits per heavy atom. The van der Waals surface area contributed by atoms with Crippen LogP contribution in [0.2, 0.25) is 5.02 Å². The molecular formula is C9H9ClN2O3S. The van der Waals surface area contributed by atoms with Gasteiger partial charge in [0.25, 0.3) is 10.0 Å². The Bertz CT molecular complexity index is 568. The van der Waals surface area contributed by atoms with Crippen LogP contribution in [0.25, 0.3) is 0 Å². The standard InChI is InChI=1S/C9H9ClN2O3S/c1-12-7-4-3-6(10)5-8(7)16(13,14)11-9(12)15-2/h3-5H,1-2H3. The van der Waals surface area contributed by atoms with Crippen LogP contribution in [-0.4, -0.2) is 28.6 Å². The fourth-order valence-electron chi connectivity index (χ4n) is 1.46. The fourth-order valence-corrected chi connectivity index (χ4v) is 2.95. The second-order valence-corrected chi connectivity index (χ2v) is 5.23. The maximum atomic E-state index is 11.8. The first-order chi connectivity index (χ1) is 7.45. The summed E-state index contributed by atoms with van der Waals surface area (Å²) in [4.78, 5) is 1.63. The molecule has 1 aromatic carbocycles. The van der Waals surface area contributed by atoms with Crippen LogP contribution in [0.4, 0.5) is 5.69 Å². The average molecular weight is 261 g/mol. The van der Waals surface area contributed by atoms with Gasteiger partial charge in [-0.3, -0.25) is 4.90 Å². The summed E-state index contributed by atoms with van der Waals surface area (Å²) >= 11 is 5.76. The summed E-state index contributed by atoms with van der Waals surface area (Å²) < 4.78 is 32.0. The molecule has 0 fully saturated rings. The van der Waals surface area contributed by atoms with Crippen molar-refractivity contribution < 1.29 is 13.2 Å². The van der Waals surface area contributed by atoms with Crippen LogP contribution >= 0.6 is 11.6 Å². The number of hydrogen-bond donors (Lipinski definition) is 0. The highest BCUT2D eigenvalue weighted by Crippen LogP contribution is 2.32. The highest BCUT2D eigenvalue weighted by molar-refractivity contribution is 7.90. The number of hydrogen-bond acceptors (Lipinski definition) is 4. The first-order valence-electron chi connectivity index (χ1n) is 4.38. The molecule has 5 nitrogen and oxygen atoms in total. The third kappa shape index (κ3) is 1.64. The molecule has 16 heavy (non-hydrogen) atoms. The Morgan fingerprint density at radius 1 is 1.44 bits per heavy atom. The van der Waals surface area contributed by atoms with E-state index in [9.17, 15) is 8.42 Å². The van der Waals surface area contributed by atoms with E-state index in [-0.39, 0.29) is 10.9 Å². The summed E-state index contributed by atoms with van der Waals surface area (Å²) in [6.07, 6.45) is 0. The van der Waals surface area contributed by atoms with Crippen molar-refractivity contribution in [3.8, 4) is 0 Å². The maximum absolute atomic E-state index is 11.8. The lowest BCUT2D eigenvalue weighted by molar-refractivity contribution is 0.393. The van der Waals surface area contributed by atoms with Crippen LogP contribution in [0.1, 0.15) is 0 Å². The Labute approximate surface area is 98.4 Å². The zero-order valence-electron chi connectivity index (χ0n) is 8.64. The molecule has 7 heteroatoms. The van der Waals surface area contributed by atoms with Crippen LogP contribution < -0.4 is 4.90 Å². The number of halogens is 1. The van der Waals surface area contributed by atoms with Gasteiger partial charge in [0.05, 0.1) is 12.8 Å². The normalized spacial score (nSPS) is 17.7. The average Bonchev–Trinajstić information content (AvgIpc) is 2.23. The lowest BCUT2D eigenvalue weighted by Gasteiger charge is -2.25. The number of rotatable bonds is 0. The monoisotopic (exact) mass is 260 g/mol. The summed E-state index contributed by atoms with van der Waals surface area (Å²) in [5.74, 6) is 0. The van der Waals surface area contributed by atoms with Gasteiger partial charge < -0.3 is 4.74 Å². The lowest BCUT2D eigenvalue weighted by atomic mass is 10.3. The van der Waals surface area contributed by atoms with Crippen molar-refractivity contribution in [1.29, 1.82) is 0 Å². The van der Waals surface area contributed by atoms with Gasteiger partial charge in [-0.05, 0) is 18.2 Å². The molecule has 1 aliphatic rings. The molecule has 1 aliphatic heterocycles. The van der Waals surface area contributed by atoms with Gasteiger partial charge in [-0.15, -0.1) is 4.40 Å². The van der Waals surface area contributed by atoms with E-state index in [0.29, 0.717) is 10.7 Å². The molecule has 0 amide bonds. The highest BCUT2D eigenvalue weighted by atomic mass is 35.5. The second kappa shape index (κ2) is 3.64. The molecule has 1 aromatic rings. The minimum Gasteiger partial charge on any atom is -0.467 e. The predicted molar refractivity (Wildman–Crippen MR) is 61.5 cm³/mol. The Hall–Kier alpha value is -1.27. The topological polar surface area (TPSA) is 59.0 Å². The van der Waals surface area contributed by atoms with Crippen LogP contribution in [0.15, 0.2) is 27.5 Å². The summed E-state index contributed by atoms with van der Waals surface area (Å²) in [5.41, 5.74) is 0.497. The fraction of sp³-hybridized carbons (Fsp3) is 0.222. The maximum Gasteiger partial charge on any atom is 0.307 e. The van der Waals surface area contributed by atoms with Gasteiger partial charge in [0.15, 0.2) is 0 Å². The molecule has 0 radical (unpaired) electrons. The van der Waals surface area contributed by atoms with Crippen molar-refractivity contribution >= 4 is 33.3 Å². The lowest BCUT2D eigenvalue weighted by Crippen LogP contribution is -2.33. The third-order valence-corrected chi connectivity index (χ3v) is 3.74. The first-order valence-corrected chi connectivity index (χ1v) is 6.20. The van der Waals surface area contributed by atoms with Crippen LogP contribution in [0.3, 0.4) is 0 Å². The molecule has 0 unspecified atom stereocenters. The Kier molecular flexibility index (Phi) is 2.55. The van der Waals surface area contributed by atoms with E-state index < -0.39 is 10.0 Å². The van der Waals surface area contributed by atoms with Crippen molar-refractivity contribution in [3.63, 3.8) is 0 Å². The van der Waals surface area contributed by atoms with E-state index in [1.165, 1.54) is 13.2 Å². The van der Waals surface area contributed by atoms with Gasteiger partial charge in [-0.2, -0.15) is 8.42 Å². The van der Waals surface area contributed by atoms with Crippen molar-refractivity contribution in [2.45, 2.75) is 4.90 Å². The number of sulfonamides is 1. The predicted octanol–water partition coefficient (Wildman–Crippen LogP) is 1.48. The second-order valence-electron chi connectivity index (χ2n) is 3.22. The van der Waals surface area contributed by atoms with E-state index in [2.05, 4.69) is 4.40 Å². The highest BCUT2D eigenvalue weighted by Gasteiger charge is 2.29. The smallest absolute Gasteiger partial charge is 0.307 e. The minimum absolute atomic E-state index is 0.0369. The largest absolute Gasteiger partial charge is 0.467 e. The number of ether oxygens (including phenoxy) is 1. The molecule has 0 N–H and O–H groups in total. The third-order valence-electron chi connectivity index (χ3n) is 2.23. The summed E-state index contributed by atoms with van der Waals surface area (Å²) in [5, 5.41) is 0.354. The van der Waals surface area contributed by atoms with Gasteiger partial charge in [-0.25, -0.2) is 0 Å². The zero-order chi connectivity index (χ0) is 11.9. The van der Waals surface area contributed by atoms with Gasteiger partial charge >= 0.3 is 6.02 Å². The summed E-state index contributed by atoms with van der Waals surface area (Å²) in [7, 11) is -0.685. The molecular weight excluding hydrogens is 252 g/mol. The molecule has 1 heterocycles. The van der Waals surface area contributed by atoms with E-state index in [1.807, 2.05) is 0 Å². The first kappa shape index (κ1) is 11.2. The van der Waals surface area contributed by atoms with E-state index >= 15 is 0 Å². The molecule has 0 aliphatic carbocycles. The van der Waals surface area contributed by atoms with Gasteiger partial charge in [0.2, 0.25) is 0 Å². The number of nitrogens with zero attached hydrogens (tertiary/aromatic N) is 2. The molecule has 0 saturated heterocycles. The van der Waals surface area contributed by atoms with Crippen LogP contribution in [0.5, 0.6) is 0 Å². The number of anilines is 1.